The summed E-state index contributed by atoms with van der Waals surface area (Å²) in [4.78, 5) is 10.8. The van der Waals surface area contributed by atoms with Gasteiger partial charge in [-0.05, 0) is 105 Å². The summed E-state index contributed by atoms with van der Waals surface area (Å²) in [6.07, 6.45) is 31.1. The topological polar surface area (TPSA) is 137 Å². The van der Waals surface area contributed by atoms with E-state index in [0.717, 1.165) is 36.0 Å². The fourth-order valence-corrected chi connectivity index (χ4v) is 9.68. The van der Waals surface area contributed by atoms with Crippen molar-refractivity contribution in [1.29, 1.82) is 0 Å². The number of hydrogen-bond donors (Lipinski definition) is 4. The minimum absolute atomic E-state index is 0. The minimum atomic E-state index is -4.69. The largest absolute Gasteiger partial charge is 0.357 e. The Hall–Kier alpha value is -0.991. The van der Waals surface area contributed by atoms with E-state index in [2.05, 4.69) is 59.1 Å². The Morgan fingerprint density at radius 2 is 1.08 bits per heavy atom. The molecule has 0 spiro atoms. The van der Waals surface area contributed by atoms with Gasteiger partial charge in [0.05, 0.1) is 37.7 Å². The molecule has 0 aliphatic heterocycles. The number of H-pyrrole nitrogens is 3. The molecule has 4 aliphatic carbocycles. The minimum Gasteiger partial charge on any atom is -0.357 e. The van der Waals surface area contributed by atoms with Crippen molar-refractivity contribution in [3.63, 3.8) is 0 Å². The van der Waals surface area contributed by atoms with Crippen LogP contribution in [0.15, 0.2) is 30.3 Å². The maximum atomic E-state index is 8.60. The van der Waals surface area contributed by atoms with Gasteiger partial charge in [-0.2, -0.15) is 14.0 Å². The van der Waals surface area contributed by atoms with E-state index >= 15 is 0 Å². The summed E-state index contributed by atoms with van der Waals surface area (Å²) in [5, 5.41) is 0. The van der Waals surface area contributed by atoms with E-state index in [0.29, 0.717) is 0 Å². The van der Waals surface area contributed by atoms with Crippen molar-refractivity contribution in [1.82, 2.24) is 15.0 Å². The summed E-state index contributed by atoms with van der Waals surface area (Å²) in [6.45, 7) is 4.25. The Morgan fingerprint density at radius 1 is 0.640 bits per heavy atom. The molecular weight excluding hydrogens is 734 g/mol. The van der Waals surface area contributed by atoms with Crippen LogP contribution in [0.2, 0.25) is 0 Å². The fourth-order valence-electron chi connectivity index (χ4n) is 9.68. The second kappa shape index (κ2) is 21.6. The number of aromatic nitrogens is 3. The van der Waals surface area contributed by atoms with Gasteiger partial charge in [0.1, 0.15) is 0 Å². The smallest absolute Gasteiger partial charge is 0.0777 e. The Bertz CT molecular complexity index is 1310. The normalized spacial score (nSPS) is 18.9. The number of halogens is 1. The third-order valence-corrected chi connectivity index (χ3v) is 12.0. The van der Waals surface area contributed by atoms with Crippen molar-refractivity contribution < 1.29 is 63.0 Å². The van der Waals surface area contributed by atoms with Gasteiger partial charge in [0.25, 0.3) is 0 Å². The summed E-state index contributed by atoms with van der Waals surface area (Å²) in [5.41, 5.74) is 8.73. The van der Waals surface area contributed by atoms with Crippen molar-refractivity contribution in [2.24, 2.45) is 29.6 Å². The zero-order valence-corrected chi connectivity index (χ0v) is 33.3. The molecule has 3 aromatic heterocycles. The molecule has 0 amide bonds. The van der Waals surface area contributed by atoms with Crippen molar-refractivity contribution in [2.75, 3.05) is 0 Å². The Balaban J connectivity index is 0.000000312. The first-order chi connectivity index (χ1) is 23.1. The number of hydrogen-bond acceptors (Lipinski definition) is 4. The molecule has 4 fully saturated rings. The maximum absolute atomic E-state index is 8.60. The molecule has 50 heavy (non-hydrogen) atoms. The zero-order chi connectivity index (χ0) is 33.9. The molecule has 3 heterocycles. The Labute approximate surface area is 324 Å². The van der Waals surface area contributed by atoms with Crippen LogP contribution < -0.4 is 14.0 Å². The van der Waals surface area contributed by atoms with Crippen LogP contribution in [-0.2, 0) is 40.6 Å². The van der Waals surface area contributed by atoms with Gasteiger partial charge >= 0.3 is 0 Å². The van der Waals surface area contributed by atoms with Crippen LogP contribution in [0.1, 0.15) is 145 Å². The van der Waals surface area contributed by atoms with Gasteiger partial charge in [0, 0.05) is 45.5 Å². The molecule has 4 aliphatic rings. The SMILES string of the molecule is C1CCC(CC2CCCC2)C1.Cc1ccc(-c2cc(CCCCC(C3CCCC3)C3CCCC3)c(-c3ccc(C)[nH]3)[nH]2)[nH]1.[Fe].[Fe].[O-][Cl+3]([O-])([O-])O. The van der Waals surface area contributed by atoms with Crippen molar-refractivity contribution >= 4 is 0 Å². The number of aryl methyl sites for hydroxylation is 3. The molecule has 7 rings (SSSR count). The second-order valence-corrected chi connectivity index (χ2v) is 16.4. The van der Waals surface area contributed by atoms with Gasteiger partial charge in [0.2, 0.25) is 0 Å². The molecule has 7 nitrogen and oxygen atoms in total. The van der Waals surface area contributed by atoms with E-state index in [1.807, 2.05) is 0 Å². The Kier molecular flexibility index (Phi) is 18.8. The quantitative estimate of drug-likeness (QED) is 0.116. The van der Waals surface area contributed by atoms with Gasteiger partial charge in [0.15, 0.2) is 0 Å². The molecule has 4 N–H and O–H groups in total. The van der Waals surface area contributed by atoms with Crippen LogP contribution >= 0.6 is 0 Å². The van der Waals surface area contributed by atoms with Gasteiger partial charge in [-0.3, -0.25) is 0 Å². The molecule has 284 valence electrons. The number of nitrogens with one attached hydrogen (secondary N) is 3. The summed E-state index contributed by atoms with van der Waals surface area (Å²) in [6, 6.07) is 11.1. The van der Waals surface area contributed by atoms with Crippen molar-refractivity contribution in [3.8, 4) is 22.8 Å². The molecule has 0 bridgehead atoms. The number of aromatic amines is 3. The summed E-state index contributed by atoms with van der Waals surface area (Å²) in [7, 11) is -4.69. The molecule has 0 saturated heterocycles. The maximum Gasteiger partial charge on any atom is 0.0777 e. The number of unbranched alkanes of at least 4 members (excludes halogenated alkanes) is 1. The first-order valence-electron chi connectivity index (χ1n) is 19.3. The second-order valence-electron chi connectivity index (χ2n) is 15.6. The van der Waals surface area contributed by atoms with Gasteiger partial charge < -0.3 is 15.0 Å². The van der Waals surface area contributed by atoms with Gasteiger partial charge in [-0.1, -0.05) is 109 Å². The average Bonchev–Trinajstić information content (AvgIpc) is 3.89. The molecule has 0 unspecified atom stereocenters. The molecular formula is C40H62ClFe2N3O4. The third kappa shape index (κ3) is 14.1. The predicted molar refractivity (Wildman–Crippen MR) is 186 cm³/mol. The summed E-state index contributed by atoms with van der Waals surface area (Å²) in [5.74, 6) is 5.35. The van der Waals surface area contributed by atoms with Crippen LogP contribution in [0, 0.1) is 53.7 Å². The van der Waals surface area contributed by atoms with Gasteiger partial charge in [-0.15, -0.1) is 0 Å². The fraction of sp³-hybridized carbons (Fsp3) is 0.700. The van der Waals surface area contributed by atoms with E-state index < -0.39 is 10.2 Å². The monoisotopic (exact) mass is 795 g/mol. The van der Waals surface area contributed by atoms with Crippen LogP contribution in [0.25, 0.3) is 22.8 Å². The van der Waals surface area contributed by atoms with Crippen molar-refractivity contribution in [2.45, 2.75) is 149 Å². The molecule has 0 atom stereocenters. The molecule has 0 aromatic carbocycles. The zero-order valence-electron chi connectivity index (χ0n) is 30.4. The average molecular weight is 796 g/mol. The molecule has 10 heteroatoms. The van der Waals surface area contributed by atoms with E-state index in [4.69, 9.17) is 18.6 Å². The summed E-state index contributed by atoms with van der Waals surface area (Å²) >= 11 is 0. The Morgan fingerprint density at radius 3 is 1.52 bits per heavy atom. The van der Waals surface area contributed by atoms with E-state index in [9.17, 15) is 0 Å². The predicted octanol–water partition coefficient (Wildman–Crippen LogP) is 7.96. The van der Waals surface area contributed by atoms with Crippen LogP contribution in [0.5, 0.6) is 0 Å². The standard InChI is InChI=1S/C29H41N3.C11H20.ClHO4.2Fe/c1-20-15-17-26(30-20)28-19-24(29(32-28)27-18-16-21(2)31-27)13-7-8-14-25(22-9-3-4-10-22)23-11-5-6-12-23;1-2-6-10(5-1)9-11-7-3-4-8-11;2-1(3,4)5;;/h15-19,22-23,25,30-32H,3-14H2,1-2H3;10-11H,1-9H2;(H,2,3,4,5);;. The van der Waals surface area contributed by atoms with Crippen LogP contribution in [0.4, 0.5) is 0 Å². The molecule has 0 radical (unpaired) electrons. The number of rotatable bonds is 11. The molecule has 3 aromatic rings. The van der Waals surface area contributed by atoms with Crippen LogP contribution in [-0.4, -0.2) is 19.6 Å². The van der Waals surface area contributed by atoms with Crippen molar-refractivity contribution in [3.05, 3.63) is 47.3 Å². The van der Waals surface area contributed by atoms with E-state index in [1.54, 1.807) is 32.1 Å². The van der Waals surface area contributed by atoms with Gasteiger partial charge in [-0.25, -0.2) is 0 Å². The first kappa shape index (κ1) is 43.4. The van der Waals surface area contributed by atoms with Crippen LogP contribution in [0.3, 0.4) is 0 Å². The first-order valence-corrected chi connectivity index (χ1v) is 20.6. The molecule has 4 saturated carbocycles. The van der Waals surface area contributed by atoms with E-state index in [-0.39, 0.29) is 34.1 Å². The summed E-state index contributed by atoms with van der Waals surface area (Å²) < 4.78 is 32.7. The third-order valence-electron chi connectivity index (χ3n) is 12.0. The van der Waals surface area contributed by atoms with E-state index in [1.165, 1.54) is 136 Å².